The fourth-order valence-corrected chi connectivity index (χ4v) is 9.23. The highest BCUT2D eigenvalue weighted by atomic mass is 16.3. The van der Waals surface area contributed by atoms with Gasteiger partial charge in [0.15, 0.2) is 0 Å². The zero-order valence-electron chi connectivity index (χ0n) is 42.6. The van der Waals surface area contributed by atoms with Crippen LogP contribution in [-0.4, -0.2) is 29.4 Å². The van der Waals surface area contributed by atoms with Crippen LogP contribution in [0, 0.1) is 0 Å². The van der Waals surface area contributed by atoms with E-state index in [-0.39, 0.29) is 18.6 Å². The monoisotopic (exact) mass is 872 g/mol. The second-order valence-corrected chi connectivity index (χ2v) is 19.9. The number of amides is 1. The maximum absolute atomic E-state index is 12.4. The molecule has 1 amide bonds. The molecule has 0 saturated carbocycles. The van der Waals surface area contributed by atoms with Gasteiger partial charge in [-0.15, -0.1) is 0 Å². The van der Waals surface area contributed by atoms with E-state index in [0.29, 0.717) is 12.2 Å². The van der Waals surface area contributed by atoms with Crippen molar-refractivity contribution in [2.24, 2.45) is 0 Å². The van der Waals surface area contributed by atoms with Crippen molar-refractivity contribution in [3.63, 3.8) is 0 Å². The van der Waals surface area contributed by atoms with Crippen LogP contribution in [0.15, 0.2) is 12.2 Å². The van der Waals surface area contributed by atoms with Gasteiger partial charge in [-0.3, -0.25) is 9.59 Å². The predicted octanol–water partition coefficient (Wildman–Crippen LogP) is 19.1. The molecule has 0 spiro atoms. The van der Waals surface area contributed by atoms with Crippen molar-refractivity contribution in [1.82, 2.24) is 5.32 Å². The van der Waals surface area contributed by atoms with Crippen LogP contribution < -0.4 is 5.32 Å². The lowest BCUT2D eigenvalue weighted by Gasteiger charge is -2.16. The van der Waals surface area contributed by atoms with E-state index >= 15 is 0 Å². The second kappa shape index (κ2) is 54.2. The summed E-state index contributed by atoms with van der Waals surface area (Å²) in [6, 6.07) is -0.0692. The van der Waals surface area contributed by atoms with Gasteiger partial charge in [0.05, 0.1) is 12.6 Å². The van der Waals surface area contributed by atoms with Crippen molar-refractivity contribution in [3.05, 3.63) is 12.2 Å². The van der Waals surface area contributed by atoms with Gasteiger partial charge in [-0.05, 0) is 51.4 Å². The van der Waals surface area contributed by atoms with Crippen LogP contribution in [0.3, 0.4) is 0 Å². The number of hydrogen-bond acceptors (Lipinski definition) is 3. The minimum Gasteiger partial charge on any atom is -0.394 e. The van der Waals surface area contributed by atoms with Crippen molar-refractivity contribution in [2.45, 2.75) is 341 Å². The van der Waals surface area contributed by atoms with Gasteiger partial charge in [-0.1, -0.05) is 276 Å². The number of rotatable bonds is 54. The fraction of sp³-hybridized carbons (Fsp3) is 0.931. The number of aliphatic hydroxyl groups is 1. The predicted molar refractivity (Wildman–Crippen MR) is 275 cm³/mol. The molecule has 4 nitrogen and oxygen atoms in total. The first-order valence-corrected chi connectivity index (χ1v) is 28.7. The van der Waals surface area contributed by atoms with Crippen molar-refractivity contribution >= 4 is 11.7 Å². The number of unbranched alkanes of at least 4 members (excludes halogenated alkanes) is 42. The molecule has 0 radical (unpaired) electrons. The molecular weight excluding hydrogens is 759 g/mol. The SMILES string of the molecule is CCCCCCCC/C=C\CCCCCCCCCCCC(=O)CCCCCCCCCCCCCCCC(=O)N[C@H](CO)CCCCCCCCCCCCCCCCCC. The third-order valence-corrected chi connectivity index (χ3v) is 13.6. The number of carbonyl (C=O) groups excluding carboxylic acids is 2. The smallest absolute Gasteiger partial charge is 0.220 e. The average molecular weight is 873 g/mol. The molecule has 0 aromatic rings. The summed E-state index contributed by atoms with van der Waals surface area (Å²) >= 11 is 0. The van der Waals surface area contributed by atoms with Gasteiger partial charge in [0.1, 0.15) is 5.78 Å². The van der Waals surface area contributed by atoms with E-state index in [9.17, 15) is 14.7 Å². The molecule has 0 unspecified atom stereocenters. The van der Waals surface area contributed by atoms with Crippen LogP contribution in [0.4, 0.5) is 0 Å². The standard InChI is InChI=1S/C58H113NO3/c1-3-5-7-9-11-13-15-17-19-21-22-23-25-28-32-36-40-44-48-52-57(61)53-49-45-41-37-33-29-26-30-34-38-42-46-50-54-58(62)59-56(55-60)51-47-43-39-35-31-27-24-20-18-16-14-12-10-8-6-4-2/h17,19,56,60H,3-16,18,20-55H2,1-2H3,(H,59,62)/b19-17-/t56-/m0/s1. The van der Waals surface area contributed by atoms with E-state index in [1.807, 2.05) is 0 Å². The normalized spacial score (nSPS) is 12.2. The van der Waals surface area contributed by atoms with Crippen LogP contribution in [0.25, 0.3) is 0 Å². The Labute approximate surface area is 390 Å². The Kier molecular flexibility index (Phi) is 53.2. The minimum atomic E-state index is -0.0692. The molecule has 0 aliphatic rings. The Morgan fingerprint density at radius 2 is 0.613 bits per heavy atom. The van der Waals surface area contributed by atoms with Gasteiger partial charge < -0.3 is 10.4 Å². The molecule has 0 bridgehead atoms. The van der Waals surface area contributed by atoms with Crippen molar-refractivity contribution in [2.75, 3.05) is 6.61 Å². The molecule has 0 rings (SSSR count). The van der Waals surface area contributed by atoms with E-state index < -0.39 is 0 Å². The molecule has 0 aromatic carbocycles. The quantitative estimate of drug-likeness (QED) is 0.0473. The summed E-state index contributed by atoms with van der Waals surface area (Å²) in [5.74, 6) is 0.623. The van der Waals surface area contributed by atoms with E-state index in [0.717, 1.165) is 51.4 Å². The highest BCUT2D eigenvalue weighted by molar-refractivity contribution is 5.78. The largest absolute Gasteiger partial charge is 0.394 e. The Balaban J connectivity index is 3.36. The van der Waals surface area contributed by atoms with Crippen molar-refractivity contribution < 1.29 is 14.7 Å². The Morgan fingerprint density at radius 3 is 0.919 bits per heavy atom. The van der Waals surface area contributed by atoms with Crippen LogP contribution in [0.5, 0.6) is 0 Å². The summed E-state index contributed by atoms with van der Waals surface area (Å²) in [6.45, 7) is 4.64. The molecule has 0 aliphatic carbocycles. The summed E-state index contributed by atoms with van der Waals surface area (Å²) in [4.78, 5) is 24.7. The van der Waals surface area contributed by atoms with Crippen LogP contribution in [-0.2, 0) is 9.59 Å². The zero-order chi connectivity index (χ0) is 44.9. The maximum atomic E-state index is 12.4. The highest BCUT2D eigenvalue weighted by Crippen LogP contribution is 2.18. The third kappa shape index (κ3) is 51.5. The Bertz CT molecular complexity index is 901. The molecule has 0 heterocycles. The summed E-state index contributed by atoms with van der Waals surface area (Å²) in [5.41, 5.74) is 0. The van der Waals surface area contributed by atoms with E-state index in [1.54, 1.807) is 0 Å². The van der Waals surface area contributed by atoms with Crippen molar-refractivity contribution in [1.29, 1.82) is 0 Å². The van der Waals surface area contributed by atoms with Crippen molar-refractivity contribution in [3.8, 4) is 0 Å². The first-order valence-electron chi connectivity index (χ1n) is 28.7. The van der Waals surface area contributed by atoms with Gasteiger partial charge in [0.25, 0.3) is 0 Å². The minimum absolute atomic E-state index is 0.0598. The molecule has 368 valence electrons. The second-order valence-electron chi connectivity index (χ2n) is 19.9. The number of nitrogens with one attached hydrogen (secondary N) is 1. The molecule has 62 heavy (non-hydrogen) atoms. The molecule has 0 fully saturated rings. The summed E-state index contributed by atoms with van der Waals surface area (Å²) in [6.07, 6.45) is 68.9. The molecule has 0 aromatic heterocycles. The summed E-state index contributed by atoms with van der Waals surface area (Å²) < 4.78 is 0. The lowest BCUT2D eigenvalue weighted by molar-refractivity contribution is -0.122. The molecule has 2 N–H and O–H groups in total. The molecule has 4 heteroatoms. The van der Waals surface area contributed by atoms with Gasteiger partial charge in [0.2, 0.25) is 5.91 Å². The average Bonchev–Trinajstić information content (AvgIpc) is 3.27. The molecular formula is C58H113NO3. The highest BCUT2D eigenvalue weighted by Gasteiger charge is 2.11. The van der Waals surface area contributed by atoms with E-state index in [4.69, 9.17) is 0 Å². The summed E-state index contributed by atoms with van der Waals surface area (Å²) in [7, 11) is 0. The number of ketones is 1. The molecule has 0 saturated heterocycles. The van der Waals surface area contributed by atoms with Gasteiger partial charge in [0, 0.05) is 19.3 Å². The first-order chi connectivity index (χ1) is 30.6. The number of allylic oxidation sites excluding steroid dienone is 2. The summed E-state index contributed by atoms with van der Waals surface area (Å²) in [5, 5.41) is 12.9. The Hall–Kier alpha value is -1.16. The number of aliphatic hydroxyl groups excluding tert-OH is 1. The Morgan fingerprint density at radius 1 is 0.355 bits per heavy atom. The maximum Gasteiger partial charge on any atom is 0.220 e. The topological polar surface area (TPSA) is 66.4 Å². The lowest BCUT2D eigenvalue weighted by Crippen LogP contribution is -2.37. The van der Waals surface area contributed by atoms with Gasteiger partial charge in [-0.25, -0.2) is 0 Å². The number of carbonyl (C=O) groups is 2. The fourth-order valence-electron chi connectivity index (χ4n) is 9.23. The van der Waals surface area contributed by atoms with E-state index in [2.05, 4.69) is 31.3 Å². The van der Waals surface area contributed by atoms with Gasteiger partial charge in [-0.2, -0.15) is 0 Å². The van der Waals surface area contributed by atoms with E-state index in [1.165, 1.54) is 263 Å². The number of Topliss-reactive ketones (excluding diaryl/α,β-unsaturated/α-hetero) is 1. The zero-order valence-corrected chi connectivity index (χ0v) is 42.6. The molecule has 1 atom stereocenters. The van der Waals surface area contributed by atoms with Gasteiger partial charge >= 0.3 is 0 Å². The van der Waals surface area contributed by atoms with Crippen LogP contribution in [0.1, 0.15) is 335 Å². The third-order valence-electron chi connectivity index (χ3n) is 13.6. The van der Waals surface area contributed by atoms with Crippen LogP contribution >= 0.6 is 0 Å². The first kappa shape index (κ1) is 60.8. The lowest BCUT2D eigenvalue weighted by atomic mass is 10.0. The molecule has 0 aliphatic heterocycles. The number of hydrogen-bond donors (Lipinski definition) is 2. The van der Waals surface area contributed by atoms with Crippen LogP contribution in [0.2, 0.25) is 0 Å².